The minimum atomic E-state index is -0.871. The van der Waals surface area contributed by atoms with E-state index in [0.717, 1.165) is 29.2 Å². The van der Waals surface area contributed by atoms with Crippen molar-refractivity contribution in [3.05, 3.63) is 113 Å². The van der Waals surface area contributed by atoms with Crippen LogP contribution in [0.25, 0.3) is 5.69 Å². The molecule has 0 fully saturated rings. The topological polar surface area (TPSA) is 81.5 Å². The van der Waals surface area contributed by atoms with E-state index in [1.165, 1.54) is 35.2 Å². The number of amides is 2. The molecule has 4 aromatic rings. The number of benzene rings is 3. The van der Waals surface area contributed by atoms with E-state index in [-0.39, 0.29) is 29.2 Å². The van der Waals surface area contributed by atoms with Crippen LogP contribution in [0.4, 0.5) is 14.6 Å². The van der Waals surface area contributed by atoms with Crippen LogP contribution in [-0.4, -0.2) is 33.9 Å². The highest BCUT2D eigenvalue weighted by molar-refractivity contribution is 6.30. The van der Waals surface area contributed by atoms with Crippen molar-refractivity contribution < 1.29 is 27.9 Å². The third-order valence-corrected chi connectivity index (χ3v) is 5.37. The summed E-state index contributed by atoms with van der Waals surface area (Å²) in [5.41, 5.74) is 0.0510. The molecule has 0 saturated carbocycles. The van der Waals surface area contributed by atoms with E-state index < -0.39 is 29.4 Å². The maximum atomic E-state index is 13.7. The molecule has 4 rings (SSSR count). The van der Waals surface area contributed by atoms with Gasteiger partial charge in [-0.15, -0.1) is 0 Å². The first kappa shape index (κ1) is 24.7. The number of ether oxygens (including phenoxy) is 1. The Morgan fingerprint density at radius 3 is 1.83 bits per heavy atom. The SMILES string of the molecule is CCOC(=O)c1ncn(-c2ccc(Cl)cc2)c1N(C(=O)c1ccc(F)cc1)C(=O)c1ccc(F)cc1. The van der Waals surface area contributed by atoms with Crippen LogP contribution in [0.2, 0.25) is 5.02 Å². The number of carbonyl (C=O) groups is 3. The average Bonchev–Trinajstić information content (AvgIpc) is 3.30. The van der Waals surface area contributed by atoms with E-state index in [0.29, 0.717) is 10.7 Å². The van der Waals surface area contributed by atoms with Gasteiger partial charge in [-0.2, -0.15) is 0 Å². The summed E-state index contributed by atoms with van der Waals surface area (Å²) < 4.78 is 33.5. The highest BCUT2D eigenvalue weighted by Gasteiger charge is 2.34. The quantitative estimate of drug-likeness (QED) is 0.254. The third kappa shape index (κ3) is 5.01. The van der Waals surface area contributed by atoms with Crippen molar-refractivity contribution >= 4 is 35.2 Å². The number of imide groups is 1. The largest absolute Gasteiger partial charge is 0.461 e. The average molecular weight is 510 g/mol. The summed E-state index contributed by atoms with van der Waals surface area (Å²) in [7, 11) is 0. The van der Waals surface area contributed by atoms with Gasteiger partial charge in [0.05, 0.1) is 6.61 Å². The van der Waals surface area contributed by atoms with Crippen LogP contribution in [0.15, 0.2) is 79.1 Å². The van der Waals surface area contributed by atoms with Crippen LogP contribution in [-0.2, 0) is 4.74 Å². The van der Waals surface area contributed by atoms with Gasteiger partial charge >= 0.3 is 5.97 Å². The summed E-state index contributed by atoms with van der Waals surface area (Å²) in [6.45, 7) is 1.61. The zero-order valence-electron chi connectivity index (χ0n) is 18.8. The second kappa shape index (κ2) is 10.5. The predicted octanol–water partition coefficient (Wildman–Crippen LogP) is 5.47. The first-order chi connectivity index (χ1) is 17.3. The number of halogens is 3. The lowest BCUT2D eigenvalue weighted by atomic mass is 10.1. The van der Waals surface area contributed by atoms with Crippen molar-refractivity contribution in [1.29, 1.82) is 0 Å². The molecule has 1 aromatic heterocycles. The van der Waals surface area contributed by atoms with Crippen LogP contribution < -0.4 is 4.90 Å². The first-order valence-electron chi connectivity index (χ1n) is 10.7. The fraction of sp³-hybridized carbons (Fsp3) is 0.0769. The number of esters is 1. The zero-order chi connectivity index (χ0) is 25.8. The van der Waals surface area contributed by atoms with Gasteiger partial charge in [-0.25, -0.2) is 23.5 Å². The summed E-state index contributed by atoms with van der Waals surface area (Å²) in [5.74, 6) is -3.98. The number of imidazole rings is 1. The lowest BCUT2D eigenvalue weighted by Crippen LogP contribution is -2.39. The standard InChI is InChI=1S/C26H18ClF2N3O4/c1-2-36-26(35)22-23(31(15-30-22)21-13-7-18(27)8-14-21)32(24(33)16-3-9-19(28)10-4-16)25(34)17-5-11-20(29)12-6-17/h3-15H,2H2,1H3. The third-order valence-electron chi connectivity index (χ3n) is 5.12. The van der Waals surface area contributed by atoms with Gasteiger partial charge < -0.3 is 4.74 Å². The fourth-order valence-electron chi connectivity index (χ4n) is 3.42. The van der Waals surface area contributed by atoms with Crippen LogP contribution in [0.5, 0.6) is 0 Å². The Kier molecular flexibility index (Phi) is 7.21. The zero-order valence-corrected chi connectivity index (χ0v) is 19.6. The van der Waals surface area contributed by atoms with E-state index in [1.54, 1.807) is 31.2 Å². The van der Waals surface area contributed by atoms with Crippen LogP contribution in [0.1, 0.15) is 38.1 Å². The molecular formula is C26H18ClF2N3O4. The minimum Gasteiger partial charge on any atom is -0.461 e. The monoisotopic (exact) mass is 509 g/mol. The number of aromatic nitrogens is 2. The van der Waals surface area contributed by atoms with E-state index in [4.69, 9.17) is 16.3 Å². The van der Waals surface area contributed by atoms with Crippen molar-refractivity contribution in [3.8, 4) is 5.69 Å². The molecular weight excluding hydrogens is 492 g/mol. The first-order valence-corrected chi connectivity index (χ1v) is 11.1. The Morgan fingerprint density at radius 2 is 1.36 bits per heavy atom. The minimum absolute atomic E-state index is 0.0178. The lowest BCUT2D eigenvalue weighted by Gasteiger charge is -2.23. The Balaban J connectivity index is 1.96. The molecule has 10 heteroatoms. The Hall–Kier alpha value is -4.37. The van der Waals surface area contributed by atoms with Gasteiger partial charge in [-0.05, 0) is 79.7 Å². The molecule has 0 aliphatic carbocycles. The van der Waals surface area contributed by atoms with Crippen molar-refractivity contribution in [2.75, 3.05) is 11.5 Å². The van der Waals surface area contributed by atoms with Gasteiger partial charge in [-0.1, -0.05) is 11.6 Å². The summed E-state index contributed by atoms with van der Waals surface area (Å²) in [4.78, 5) is 45.1. The molecule has 1 heterocycles. The molecule has 0 saturated heterocycles. The Labute approximate surface area is 209 Å². The number of carbonyl (C=O) groups excluding carboxylic acids is 3. The maximum Gasteiger partial charge on any atom is 0.360 e. The summed E-state index contributed by atoms with van der Waals surface area (Å²) in [6, 6.07) is 15.4. The molecule has 2 amide bonds. The summed E-state index contributed by atoms with van der Waals surface area (Å²) in [6.07, 6.45) is 1.26. The predicted molar refractivity (Wildman–Crippen MR) is 128 cm³/mol. The number of rotatable bonds is 6. The number of anilines is 1. The normalized spacial score (nSPS) is 10.7. The van der Waals surface area contributed by atoms with E-state index in [1.807, 2.05) is 0 Å². The van der Waals surface area contributed by atoms with Gasteiger partial charge in [0.2, 0.25) is 0 Å². The number of nitrogens with zero attached hydrogens (tertiary/aromatic N) is 3. The van der Waals surface area contributed by atoms with Gasteiger partial charge in [0.1, 0.15) is 18.0 Å². The Morgan fingerprint density at radius 1 is 0.861 bits per heavy atom. The molecule has 0 aliphatic heterocycles. The highest BCUT2D eigenvalue weighted by Crippen LogP contribution is 2.29. The van der Waals surface area contributed by atoms with Crippen molar-refractivity contribution in [2.45, 2.75) is 6.92 Å². The number of hydrogen-bond donors (Lipinski definition) is 0. The molecule has 0 N–H and O–H groups in total. The fourth-order valence-corrected chi connectivity index (χ4v) is 3.54. The van der Waals surface area contributed by atoms with Crippen LogP contribution >= 0.6 is 11.6 Å². The molecule has 0 aliphatic rings. The number of hydrogen-bond acceptors (Lipinski definition) is 5. The molecule has 182 valence electrons. The second-order valence-electron chi connectivity index (χ2n) is 7.44. The van der Waals surface area contributed by atoms with Gasteiger partial charge in [0, 0.05) is 21.8 Å². The molecule has 0 spiro atoms. The molecule has 36 heavy (non-hydrogen) atoms. The molecule has 3 aromatic carbocycles. The molecule has 0 unspecified atom stereocenters. The van der Waals surface area contributed by atoms with Crippen molar-refractivity contribution in [1.82, 2.24) is 9.55 Å². The summed E-state index contributed by atoms with van der Waals surface area (Å²) in [5, 5.41) is 0.438. The van der Waals surface area contributed by atoms with Gasteiger partial charge in [-0.3, -0.25) is 14.2 Å². The molecule has 7 nitrogen and oxygen atoms in total. The van der Waals surface area contributed by atoms with Crippen LogP contribution in [0.3, 0.4) is 0 Å². The van der Waals surface area contributed by atoms with E-state index >= 15 is 0 Å². The van der Waals surface area contributed by atoms with Gasteiger partial charge in [0.25, 0.3) is 11.8 Å². The van der Waals surface area contributed by atoms with Crippen molar-refractivity contribution in [3.63, 3.8) is 0 Å². The van der Waals surface area contributed by atoms with Crippen molar-refractivity contribution in [2.24, 2.45) is 0 Å². The summed E-state index contributed by atoms with van der Waals surface area (Å²) >= 11 is 6.01. The van der Waals surface area contributed by atoms with Crippen LogP contribution in [0, 0.1) is 11.6 Å². The van der Waals surface area contributed by atoms with Gasteiger partial charge in [0.15, 0.2) is 11.5 Å². The smallest absolute Gasteiger partial charge is 0.360 e. The second-order valence-corrected chi connectivity index (χ2v) is 7.88. The highest BCUT2D eigenvalue weighted by atomic mass is 35.5. The van der Waals surface area contributed by atoms with E-state index in [9.17, 15) is 23.2 Å². The molecule has 0 atom stereocenters. The lowest BCUT2D eigenvalue weighted by molar-refractivity contribution is 0.0521. The Bertz CT molecular complexity index is 1360. The molecule has 0 bridgehead atoms. The van der Waals surface area contributed by atoms with E-state index in [2.05, 4.69) is 4.98 Å². The maximum absolute atomic E-state index is 13.7. The molecule has 0 radical (unpaired) electrons.